The number of likely N-dealkylation sites (N-methyl/N-ethyl adjacent to an activating group) is 1. The Hall–Kier alpha value is -0.780. The van der Waals surface area contributed by atoms with Gasteiger partial charge in [0.05, 0.1) is 0 Å². The maximum absolute atomic E-state index is 6.20. The summed E-state index contributed by atoms with van der Waals surface area (Å²) in [4.78, 5) is 2.39. The molecule has 21 heavy (non-hydrogen) atoms. The van der Waals surface area contributed by atoms with Crippen LogP contribution in [-0.4, -0.2) is 25.0 Å². The third-order valence-electron chi connectivity index (χ3n) is 4.41. The number of ether oxygens (including phenoxy) is 1. The van der Waals surface area contributed by atoms with Crippen LogP contribution in [0.2, 0.25) is 5.02 Å². The van der Waals surface area contributed by atoms with Gasteiger partial charge in [-0.05, 0) is 36.9 Å². The van der Waals surface area contributed by atoms with Gasteiger partial charge in [0.1, 0.15) is 11.5 Å². The molecular weight excluding hydrogens is 397 g/mol. The van der Waals surface area contributed by atoms with Crippen molar-refractivity contribution in [2.24, 2.45) is 0 Å². The zero-order chi connectivity index (χ0) is 13.7. The summed E-state index contributed by atoms with van der Waals surface area (Å²) in [5.41, 5.74) is 2.55. The molecule has 0 aromatic heterocycles. The predicted octanol–water partition coefficient (Wildman–Crippen LogP) is 4.88. The molecule has 2 aromatic rings. The van der Waals surface area contributed by atoms with Crippen LogP contribution in [-0.2, 0) is 0 Å². The quantitative estimate of drug-likeness (QED) is 0.571. The zero-order valence-electron chi connectivity index (χ0n) is 11.8. The standard InChI is InChI=1S/C17H16ClNO.HI/c1-19-9-14-12-4-2-3-5-16(12)20-17-7-6-11(18)8-13(17)15(14)10-19;/h2-8,14-15H,9-10H2,1H3;1H/t14-,15-;/m0./s1. The predicted molar refractivity (Wildman–Crippen MR) is 96.4 cm³/mol. The first-order valence-electron chi connectivity index (χ1n) is 6.97. The van der Waals surface area contributed by atoms with Crippen LogP contribution in [0.5, 0.6) is 11.5 Å². The molecule has 2 aromatic carbocycles. The highest BCUT2D eigenvalue weighted by Gasteiger charge is 2.38. The van der Waals surface area contributed by atoms with Crippen molar-refractivity contribution in [3.05, 3.63) is 58.6 Å². The summed E-state index contributed by atoms with van der Waals surface area (Å²) in [6.45, 7) is 2.12. The number of fused-ring (bicyclic) bond motifs is 5. The van der Waals surface area contributed by atoms with Gasteiger partial charge in [0.25, 0.3) is 0 Å². The maximum Gasteiger partial charge on any atom is 0.131 e. The van der Waals surface area contributed by atoms with E-state index in [4.69, 9.17) is 16.3 Å². The minimum atomic E-state index is 0. The monoisotopic (exact) mass is 413 g/mol. The topological polar surface area (TPSA) is 12.5 Å². The van der Waals surface area contributed by atoms with Crippen LogP contribution in [0.1, 0.15) is 23.0 Å². The van der Waals surface area contributed by atoms with Gasteiger partial charge >= 0.3 is 0 Å². The Labute approximate surface area is 147 Å². The van der Waals surface area contributed by atoms with E-state index in [0.717, 1.165) is 29.6 Å². The molecule has 0 aliphatic carbocycles. The molecule has 2 atom stereocenters. The molecule has 2 heterocycles. The van der Waals surface area contributed by atoms with Crippen LogP contribution < -0.4 is 4.74 Å². The van der Waals surface area contributed by atoms with E-state index >= 15 is 0 Å². The van der Waals surface area contributed by atoms with Crippen molar-refractivity contribution < 1.29 is 4.74 Å². The van der Waals surface area contributed by atoms with Gasteiger partial charge in [-0.2, -0.15) is 0 Å². The van der Waals surface area contributed by atoms with E-state index in [0.29, 0.717) is 11.8 Å². The molecule has 0 bridgehead atoms. The number of hydrogen-bond donors (Lipinski definition) is 0. The minimum Gasteiger partial charge on any atom is -0.457 e. The Balaban J connectivity index is 0.00000132. The summed E-state index contributed by atoms with van der Waals surface area (Å²) in [6.07, 6.45) is 0. The van der Waals surface area contributed by atoms with Crippen LogP contribution in [0.3, 0.4) is 0 Å². The highest BCUT2D eigenvalue weighted by Crippen LogP contribution is 2.49. The number of halogens is 2. The number of likely N-dealkylation sites (tertiary alicyclic amines) is 1. The molecular formula is C17H17ClINO. The molecule has 0 N–H and O–H groups in total. The Kier molecular flexibility index (Phi) is 4.17. The van der Waals surface area contributed by atoms with Crippen LogP contribution >= 0.6 is 35.6 Å². The summed E-state index contributed by atoms with van der Waals surface area (Å²) < 4.78 is 6.15. The average molecular weight is 414 g/mol. The summed E-state index contributed by atoms with van der Waals surface area (Å²) in [5.74, 6) is 2.87. The van der Waals surface area contributed by atoms with Crippen molar-refractivity contribution in [2.75, 3.05) is 20.1 Å². The van der Waals surface area contributed by atoms with Crippen molar-refractivity contribution >= 4 is 35.6 Å². The molecule has 4 heteroatoms. The lowest BCUT2D eigenvalue weighted by Crippen LogP contribution is -2.14. The van der Waals surface area contributed by atoms with E-state index in [1.807, 2.05) is 18.2 Å². The third-order valence-corrected chi connectivity index (χ3v) is 4.65. The van der Waals surface area contributed by atoms with Gasteiger partial charge < -0.3 is 9.64 Å². The van der Waals surface area contributed by atoms with E-state index in [9.17, 15) is 0 Å². The molecule has 2 nitrogen and oxygen atoms in total. The first kappa shape index (κ1) is 15.1. The summed E-state index contributed by atoms with van der Waals surface area (Å²) in [6, 6.07) is 14.4. The van der Waals surface area contributed by atoms with E-state index < -0.39 is 0 Å². The fourth-order valence-corrected chi connectivity index (χ4v) is 3.71. The zero-order valence-corrected chi connectivity index (χ0v) is 14.8. The van der Waals surface area contributed by atoms with Crippen LogP contribution in [0.4, 0.5) is 0 Å². The number of rotatable bonds is 0. The molecule has 0 unspecified atom stereocenters. The van der Waals surface area contributed by atoms with Crippen LogP contribution in [0, 0.1) is 0 Å². The normalized spacial score (nSPS) is 23.1. The van der Waals surface area contributed by atoms with Crippen molar-refractivity contribution in [1.29, 1.82) is 0 Å². The molecule has 1 saturated heterocycles. The van der Waals surface area contributed by atoms with Crippen LogP contribution in [0.15, 0.2) is 42.5 Å². The lowest BCUT2D eigenvalue weighted by Gasteiger charge is -2.17. The first-order valence-corrected chi connectivity index (χ1v) is 7.35. The number of para-hydroxylation sites is 1. The van der Waals surface area contributed by atoms with E-state index in [-0.39, 0.29) is 24.0 Å². The highest BCUT2D eigenvalue weighted by atomic mass is 127. The fourth-order valence-electron chi connectivity index (χ4n) is 3.53. The molecule has 110 valence electrons. The fraction of sp³-hybridized carbons (Fsp3) is 0.294. The molecule has 2 aliphatic rings. The van der Waals surface area contributed by atoms with Crippen molar-refractivity contribution in [3.8, 4) is 11.5 Å². The van der Waals surface area contributed by atoms with E-state index in [2.05, 4.69) is 36.2 Å². The molecule has 2 aliphatic heterocycles. The Bertz CT molecular complexity index is 676. The smallest absolute Gasteiger partial charge is 0.131 e. The van der Waals surface area contributed by atoms with Gasteiger partial charge in [0.15, 0.2) is 0 Å². The molecule has 0 saturated carbocycles. The van der Waals surface area contributed by atoms with E-state index in [1.54, 1.807) is 0 Å². The number of nitrogens with zero attached hydrogens (tertiary/aromatic N) is 1. The highest BCUT2D eigenvalue weighted by molar-refractivity contribution is 14.0. The SMILES string of the molecule is CN1C[C@H]2c3ccccc3Oc3ccc(Cl)cc3[C@@H]2C1.I. The van der Waals surface area contributed by atoms with Crippen molar-refractivity contribution in [2.45, 2.75) is 11.8 Å². The Morgan fingerprint density at radius 2 is 1.67 bits per heavy atom. The number of benzene rings is 2. The second-order valence-corrected chi connectivity index (χ2v) is 6.19. The van der Waals surface area contributed by atoms with Gasteiger partial charge in [0, 0.05) is 35.5 Å². The molecule has 0 radical (unpaired) electrons. The Morgan fingerprint density at radius 3 is 2.48 bits per heavy atom. The minimum absolute atomic E-state index is 0. The molecule has 0 spiro atoms. The largest absolute Gasteiger partial charge is 0.457 e. The van der Waals surface area contributed by atoms with Gasteiger partial charge in [-0.25, -0.2) is 0 Å². The second kappa shape index (κ2) is 5.78. The van der Waals surface area contributed by atoms with E-state index in [1.165, 1.54) is 11.1 Å². The van der Waals surface area contributed by atoms with Crippen molar-refractivity contribution in [3.63, 3.8) is 0 Å². The Morgan fingerprint density at radius 1 is 1.00 bits per heavy atom. The van der Waals surface area contributed by atoms with Crippen molar-refractivity contribution in [1.82, 2.24) is 4.90 Å². The molecule has 4 rings (SSSR count). The lowest BCUT2D eigenvalue weighted by atomic mass is 9.84. The number of hydrogen-bond acceptors (Lipinski definition) is 2. The van der Waals surface area contributed by atoms with Gasteiger partial charge in [-0.3, -0.25) is 0 Å². The van der Waals surface area contributed by atoms with Gasteiger partial charge in [-0.1, -0.05) is 29.8 Å². The summed E-state index contributed by atoms with van der Waals surface area (Å²) in [7, 11) is 2.18. The lowest BCUT2D eigenvalue weighted by molar-refractivity contribution is 0.401. The van der Waals surface area contributed by atoms with Crippen LogP contribution in [0.25, 0.3) is 0 Å². The average Bonchev–Trinajstić information content (AvgIpc) is 2.78. The maximum atomic E-state index is 6.20. The second-order valence-electron chi connectivity index (χ2n) is 5.76. The molecule has 0 amide bonds. The summed E-state index contributed by atoms with van der Waals surface area (Å²) in [5, 5.41) is 0.784. The first-order chi connectivity index (χ1) is 9.72. The molecule has 1 fully saturated rings. The van der Waals surface area contributed by atoms with Gasteiger partial charge in [-0.15, -0.1) is 24.0 Å². The third kappa shape index (κ3) is 2.56. The van der Waals surface area contributed by atoms with Gasteiger partial charge in [0.2, 0.25) is 0 Å². The summed E-state index contributed by atoms with van der Waals surface area (Å²) >= 11 is 6.20.